The second kappa shape index (κ2) is 8.45. The van der Waals surface area contributed by atoms with Crippen molar-refractivity contribution in [2.24, 2.45) is 0 Å². The summed E-state index contributed by atoms with van der Waals surface area (Å²) in [6.07, 6.45) is 0. The van der Waals surface area contributed by atoms with Gasteiger partial charge in [0.1, 0.15) is 0 Å². The number of rotatable bonds is 9. The summed E-state index contributed by atoms with van der Waals surface area (Å²) in [6, 6.07) is 0. The summed E-state index contributed by atoms with van der Waals surface area (Å²) in [5, 5.41) is 15.4. The van der Waals surface area contributed by atoms with E-state index < -0.39 is 0 Å². The maximum atomic E-state index is 4.95. The predicted octanol–water partition coefficient (Wildman–Crippen LogP) is -0.395. The highest BCUT2D eigenvalue weighted by atomic mass is 32.2. The molecule has 0 aromatic carbocycles. The lowest BCUT2D eigenvalue weighted by Crippen LogP contribution is -2.24. The van der Waals surface area contributed by atoms with Crippen LogP contribution in [0.4, 0.5) is 0 Å². The molecule has 0 radical (unpaired) electrons. The zero-order valence-electron chi connectivity index (χ0n) is 9.55. The van der Waals surface area contributed by atoms with Gasteiger partial charge in [-0.1, -0.05) is 11.8 Å². The van der Waals surface area contributed by atoms with Crippen molar-refractivity contribution in [3.8, 4) is 0 Å². The summed E-state index contributed by atoms with van der Waals surface area (Å²) in [5.41, 5.74) is 0. The van der Waals surface area contributed by atoms with Crippen LogP contribution in [0.15, 0.2) is 5.16 Å². The molecule has 0 fully saturated rings. The molecule has 0 atom stereocenters. The van der Waals surface area contributed by atoms with Crippen molar-refractivity contribution >= 4 is 11.8 Å². The average Bonchev–Trinajstić information content (AvgIpc) is 2.74. The van der Waals surface area contributed by atoms with E-state index in [4.69, 9.17) is 9.47 Å². The van der Waals surface area contributed by atoms with E-state index in [1.54, 1.807) is 18.9 Å². The standard InChI is InChI=1S/C8H17N5O2S/c1-14-6-4-9-3-5-13-8(10-11-12-13)16-7-15-2/h9H,3-7H2,1-2H3. The summed E-state index contributed by atoms with van der Waals surface area (Å²) in [7, 11) is 3.33. The minimum absolute atomic E-state index is 0.553. The van der Waals surface area contributed by atoms with Gasteiger partial charge in [0.05, 0.1) is 19.1 Å². The Labute approximate surface area is 98.9 Å². The van der Waals surface area contributed by atoms with E-state index in [1.165, 1.54) is 11.8 Å². The number of ether oxygens (including phenoxy) is 2. The Hall–Kier alpha value is -0.700. The van der Waals surface area contributed by atoms with Crippen molar-refractivity contribution in [2.75, 3.05) is 39.9 Å². The molecule has 7 nitrogen and oxygen atoms in total. The van der Waals surface area contributed by atoms with Crippen LogP contribution in [0.25, 0.3) is 0 Å². The van der Waals surface area contributed by atoms with E-state index in [0.29, 0.717) is 12.5 Å². The van der Waals surface area contributed by atoms with Gasteiger partial charge in [-0.15, -0.1) is 5.10 Å². The van der Waals surface area contributed by atoms with Crippen LogP contribution in [0, 0.1) is 0 Å². The molecule has 16 heavy (non-hydrogen) atoms. The number of hydrogen-bond acceptors (Lipinski definition) is 7. The maximum Gasteiger partial charge on any atom is 0.211 e. The fourth-order valence-electron chi connectivity index (χ4n) is 1.04. The molecule has 0 amide bonds. The van der Waals surface area contributed by atoms with E-state index in [0.717, 1.165) is 24.8 Å². The van der Waals surface area contributed by atoms with Gasteiger partial charge in [-0.3, -0.25) is 0 Å². The molecule has 92 valence electrons. The molecule has 1 N–H and O–H groups in total. The second-order valence-corrected chi connectivity index (χ2v) is 3.87. The summed E-state index contributed by atoms with van der Waals surface area (Å²) in [4.78, 5) is 0. The third-order valence-corrected chi connectivity index (χ3v) is 2.69. The minimum Gasteiger partial charge on any atom is -0.383 e. The molecular weight excluding hydrogens is 230 g/mol. The average molecular weight is 247 g/mol. The number of aromatic nitrogens is 4. The summed E-state index contributed by atoms with van der Waals surface area (Å²) in [5.74, 6) is 0.553. The van der Waals surface area contributed by atoms with Gasteiger partial charge in [0, 0.05) is 27.3 Å². The van der Waals surface area contributed by atoms with Crippen molar-refractivity contribution in [1.82, 2.24) is 25.5 Å². The first kappa shape index (κ1) is 13.4. The Morgan fingerprint density at radius 3 is 2.94 bits per heavy atom. The Bertz CT molecular complexity index is 283. The van der Waals surface area contributed by atoms with E-state index in [2.05, 4.69) is 20.8 Å². The number of hydrogen-bond donors (Lipinski definition) is 1. The molecule has 1 rings (SSSR count). The molecule has 1 heterocycles. The van der Waals surface area contributed by atoms with Gasteiger partial charge in [-0.25, -0.2) is 4.68 Å². The fourth-order valence-corrected chi connectivity index (χ4v) is 1.63. The number of methoxy groups -OCH3 is 2. The van der Waals surface area contributed by atoms with Crippen LogP contribution in [-0.4, -0.2) is 60.1 Å². The van der Waals surface area contributed by atoms with Crippen molar-refractivity contribution in [3.63, 3.8) is 0 Å². The molecule has 0 aliphatic rings. The highest BCUT2D eigenvalue weighted by molar-refractivity contribution is 7.99. The largest absolute Gasteiger partial charge is 0.383 e. The van der Waals surface area contributed by atoms with Crippen LogP contribution >= 0.6 is 11.8 Å². The van der Waals surface area contributed by atoms with Gasteiger partial charge in [0.25, 0.3) is 0 Å². The number of nitrogens with one attached hydrogen (secondary N) is 1. The lowest BCUT2D eigenvalue weighted by molar-refractivity contribution is 0.199. The highest BCUT2D eigenvalue weighted by Gasteiger charge is 2.05. The molecule has 0 bridgehead atoms. The van der Waals surface area contributed by atoms with Gasteiger partial charge >= 0.3 is 0 Å². The Morgan fingerprint density at radius 1 is 1.31 bits per heavy atom. The molecule has 0 saturated carbocycles. The molecule has 0 spiro atoms. The van der Waals surface area contributed by atoms with Crippen LogP contribution in [0.5, 0.6) is 0 Å². The second-order valence-electron chi connectivity index (χ2n) is 2.98. The smallest absolute Gasteiger partial charge is 0.211 e. The van der Waals surface area contributed by atoms with E-state index in [-0.39, 0.29) is 0 Å². The normalized spacial score (nSPS) is 10.9. The summed E-state index contributed by atoms with van der Waals surface area (Å²) >= 11 is 1.47. The van der Waals surface area contributed by atoms with Gasteiger partial charge in [-0.2, -0.15) is 0 Å². The topological polar surface area (TPSA) is 74.1 Å². The first-order valence-corrected chi connectivity index (χ1v) is 5.94. The van der Waals surface area contributed by atoms with E-state index in [1.807, 2.05) is 0 Å². The van der Waals surface area contributed by atoms with Gasteiger partial charge in [0.2, 0.25) is 5.16 Å². The molecule has 0 unspecified atom stereocenters. The van der Waals surface area contributed by atoms with Crippen molar-refractivity contribution in [3.05, 3.63) is 0 Å². The molecule has 8 heteroatoms. The maximum absolute atomic E-state index is 4.95. The van der Waals surface area contributed by atoms with Gasteiger partial charge < -0.3 is 14.8 Å². The van der Waals surface area contributed by atoms with Crippen molar-refractivity contribution in [2.45, 2.75) is 11.7 Å². The number of thioether (sulfide) groups is 1. The quantitative estimate of drug-likeness (QED) is 0.362. The fraction of sp³-hybridized carbons (Fsp3) is 0.875. The van der Waals surface area contributed by atoms with Crippen molar-refractivity contribution in [1.29, 1.82) is 0 Å². The van der Waals surface area contributed by atoms with Crippen LogP contribution in [0.3, 0.4) is 0 Å². The van der Waals surface area contributed by atoms with Gasteiger partial charge in [-0.05, 0) is 10.4 Å². The molecular formula is C8H17N5O2S. The zero-order chi connectivity index (χ0) is 11.6. The first-order chi connectivity index (χ1) is 7.88. The SMILES string of the molecule is COCCNCCn1nnnc1SCOC. The number of tetrazole rings is 1. The Balaban J connectivity index is 2.22. The molecule has 0 aliphatic carbocycles. The molecule has 0 saturated heterocycles. The predicted molar refractivity (Wildman–Crippen MR) is 60.3 cm³/mol. The molecule has 1 aromatic heterocycles. The number of nitrogens with zero attached hydrogens (tertiary/aromatic N) is 4. The van der Waals surface area contributed by atoms with Crippen LogP contribution in [0.2, 0.25) is 0 Å². The van der Waals surface area contributed by atoms with E-state index >= 15 is 0 Å². The van der Waals surface area contributed by atoms with Gasteiger partial charge in [0.15, 0.2) is 0 Å². The van der Waals surface area contributed by atoms with Crippen LogP contribution < -0.4 is 5.32 Å². The van der Waals surface area contributed by atoms with Crippen LogP contribution in [-0.2, 0) is 16.0 Å². The minimum atomic E-state index is 0.553. The lowest BCUT2D eigenvalue weighted by Gasteiger charge is -2.05. The van der Waals surface area contributed by atoms with Crippen molar-refractivity contribution < 1.29 is 9.47 Å². The van der Waals surface area contributed by atoms with E-state index in [9.17, 15) is 0 Å². The highest BCUT2D eigenvalue weighted by Crippen LogP contribution is 2.12. The summed E-state index contributed by atoms with van der Waals surface area (Å²) < 4.78 is 11.6. The molecule has 1 aromatic rings. The monoisotopic (exact) mass is 247 g/mol. The Kier molecular flexibility index (Phi) is 7.06. The zero-order valence-corrected chi connectivity index (χ0v) is 10.4. The lowest BCUT2D eigenvalue weighted by atomic mass is 10.6. The third kappa shape index (κ3) is 4.88. The summed E-state index contributed by atoms with van der Waals surface area (Å²) in [6.45, 7) is 3.10. The third-order valence-electron chi connectivity index (χ3n) is 1.79. The first-order valence-electron chi connectivity index (χ1n) is 4.96. The molecule has 0 aliphatic heterocycles. The van der Waals surface area contributed by atoms with Crippen LogP contribution in [0.1, 0.15) is 0 Å². The Morgan fingerprint density at radius 2 is 2.19 bits per heavy atom.